The molecule has 1 saturated heterocycles. The number of likely N-dealkylation sites (tertiary alicyclic amines) is 1. The highest BCUT2D eigenvalue weighted by molar-refractivity contribution is 7.92. The zero-order valence-electron chi connectivity index (χ0n) is 24.8. The van der Waals surface area contributed by atoms with Gasteiger partial charge in [0, 0.05) is 55.7 Å². The highest BCUT2D eigenvalue weighted by Gasteiger charge is 2.28. The van der Waals surface area contributed by atoms with Gasteiger partial charge in [0.2, 0.25) is 15.9 Å². The molecular weight excluding hydrogens is 594 g/mol. The second kappa shape index (κ2) is 14.0. The van der Waals surface area contributed by atoms with Crippen molar-refractivity contribution in [3.8, 4) is 11.6 Å². The topological polar surface area (TPSA) is 147 Å². The van der Waals surface area contributed by atoms with Gasteiger partial charge in [-0.3, -0.25) is 14.4 Å². The number of rotatable bonds is 11. The minimum Gasteiger partial charge on any atom is -0.439 e. The van der Waals surface area contributed by atoms with E-state index in [1.54, 1.807) is 35.2 Å². The molecule has 0 saturated carbocycles. The van der Waals surface area contributed by atoms with Crippen molar-refractivity contribution < 1.29 is 31.5 Å². The predicted octanol–water partition coefficient (Wildman–Crippen LogP) is 4.84. The number of piperidine rings is 1. The van der Waals surface area contributed by atoms with Crippen molar-refractivity contribution in [2.45, 2.75) is 45.7 Å². The number of ether oxygens (including phenoxy) is 1. The molecule has 1 aliphatic heterocycles. The summed E-state index contributed by atoms with van der Waals surface area (Å²) in [4.78, 5) is 33.1. The molecule has 0 bridgehead atoms. The van der Waals surface area contributed by atoms with Crippen LogP contribution in [-0.2, 0) is 16.6 Å². The van der Waals surface area contributed by atoms with Crippen LogP contribution in [0.3, 0.4) is 0 Å². The molecule has 44 heavy (non-hydrogen) atoms. The summed E-state index contributed by atoms with van der Waals surface area (Å²) in [5, 5.41) is 2.48. The van der Waals surface area contributed by atoms with Crippen molar-refractivity contribution in [2.24, 2.45) is 5.73 Å². The number of carbonyl (C=O) groups is 2. The summed E-state index contributed by atoms with van der Waals surface area (Å²) in [5.41, 5.74) is 6.63. The lowest BCUT2D eigenvalue weighted by atomic mass is 10.0. The first-order chi connectivity index (χ1) is 20.8. The van der Waals surface area contributed by atoms with E-state index < -0.39 is 39.2 Å². The maximum absolute atomic E-state index is 14.4. The third kappa shape index (κ3) is 8.63. The van der Waals surface area contributed by atoms with E-state index in [4.69, 9.17) is 10.5 Å². The van der Waals surface area contributed by atoms with Crippen LogP contribution in [0.2, 0.25) is 0 Å². The fourth-order valence-corrected chi connectivity index (χ4v) is 5.62. The Hall–Kier alpha value is -4.30. The summed E-state index contributed by atoms with van der Waals surface area (Å²) in [7, 11) is -3.37. The minimum absolute atomic E-state index is 0.0839. The average Bonchev–Trinajstić information content (AvgIpc) is 2.95. The number of sulfonamides is 1. The second-order valence-electron chi connectivity index (χ2n) is 10.7. The summed E-state index contributed by atoms with van der Waals surface area (Å²) < 4.78 is 59.3. The normalized spacial score (nSPS) is 14.2. The van der Waals surface area contributed by atoms with Crippen LogP contribution in [0.5, 0.6) is 11.6 Å². The molecule has 2 aromatic carbocycles. The Bertz CT molecular complexity index is 1610. The average molecular weight is 631 g/mol. The zero-order valence-corrected chi connectivity index (χ0v) is 25.6. The smallest absolute Gasteiger partial charge is 0.322 e. The number of nitrogens with zero attached hydrogens (tertiary/aromatic N) is 3. The van der Waals surface area contributed by atoms with Crippen LogP contribution in [0.4, 0.5) is 25.0 Å². The standard InChI is InChI=1S/C30H36F2N6O5S/c1-4-13-38(30(40)35-27-16-24(29(33)39)25(31)17-26(27)32)22-11-14-37(15-12-22)18-20-5-10-28(34-19(20)2)43-23-8-6-21(7-9-23)36-44(3,41)42/h5-10,16-17,22,36H,4,11-15,18H2,1-3H3,(H2,33,39)(H,35,40). The van der Waals surface area contributed by atoms with Crippen molar-refractivity contribution in [1.82, 2.24) is 14.8 Å². The van der Waals surface area contributed by atoms with Crippen LogP contribution in [-0.4, -0.2) is 67.1 Å². The number of urea groups is 1. The lowest BCUT2D eigenvalue weighted by Gasteiger charge is -2.38. The number of aromatic nitrogens is 1. The summed E-state index contributed by atoms with van der Waals surface area (Å²) in [6, 6.07) is 11.1. The lowest BCUT2D eigenvalue weighted by Crippen LogP contribution is -2.49. The van der Waals surface area contributed by atoms with Gasteiger partial charge in [0.25, 0.3) is 5.91 Å². The van der Waals surface area contributed by atoms with Crippen LogP contribution < -0.4 is 20.5 Å². The van der Waals surface area contributed by atoms with Crippen molar-refractivity contribution in [3.63, 3.8) is 0 Å². The second-order valence-corrected chi connectivity index (χ2v) is 12.5. The van der Waals surface area contributed by atoms with Gasteiger partial charge in [0.05, 0.1) is 17.5 Å². The monoisotopic (exact) mass is 630 g/mol. The number of anilines is 2. The largest absolute Gasteiger partial charge is 0.439 e. The fraction of sp³-hybridized carbons (Fsp3) is 0.367. The summed E-state index contributed by atoms with van der Waals surface area (Å²) in [6.07, 6.45) is 3.17. The first kappa shape index (κ1) is 32.6. The molecule has 4 rings (SSSR count). The summed E-state index contributed by atoms with van der Waals surface area (Å²) >= 11 is 0. The number of benzene rings is 2. The molecule has 4 N–H and O–H groups in total. The Balaban J connectivity index is 1.33. The van der Waals surface area contributed by atoms with Gasteiger partial charge < -0.3 is 20.7 Å². The quantitative estimate of drug-likeness (QED) is 0.275. The zero-order chi connectivity index (χ0) is 32.0. The third-order valence-corrected chi connectivity index (χ3v) is 7.84. The molecule has 1 fully saturated rings. The lowest BCUT2D eigenvalue weighted by molar-refractivity contribution is 0.0996. The maximum Gasteiger partial charge on any atom is 0.322 e. The van der Waals surface area contributed by atoms with Gasteiger partial charge in [-0.25, -0.2) is 27.0 Å². The highest BCUT2D eigenvalue weighted by Crippen LogP contribution is 2.26. The van der Waals surface area contributed by atoms with Gasteiger partial charge in [0.1, 0.15) is 17.4 Å². The van der Waals surface area contributed by atoms with Crippen molar-refractivity contribution in [2.75, 3.05) is 35.9 Å². The van der Waals surface area contributed by atoms with Gasteiger partial charge in [-0.05, 0) is 62.1 Å². The Labute approximate surface area is 255 Å². The summed E-state index contributed by atoms with van der Waals surface area (Å²) in [5.74, 6) is -2.21. The van der Waals surface area contributed by atoms with Gasteiger partial charge in [-0.15, -0.1) is 0 Å². The Morgan fingerprint density at radius 3 is 2.36 bits per heavy atom. The van der Waals surface area contributed by atoms with Crippen molar-refractivity contribution >= 4 is 33.3 Å². The van der Waals surface area contributed by atoms with Gasteiger partial charge in [0.15, 0.2) is 0 Å². The molecule has 0 aliphatic carbocycles. The molecule has 0 unspecified atom stereocenters. The van der Waals surface area contributed by atoms with Crippen molar-refractivity contribution in [1.29, 1.82) is 0 Å². The number of pyridine rings is 1. The number of amides is 3. The number of hydrogen-bond donors (Lipinski definition) is 3. The first-order valence-electron chi connectivity index (χ1n) is 14.1. The van der Waals surface area contributed by atoms with Crippen LogP contribution in [0.15, 0.2) is 48.5 Å². The maximum atomic E-state index is 14.4. The SMILES string of the molecule is CCCN(C(=O)Nc1cc(C(N)=O)c(F)cc1F)C1CCN(Cc2ccc(Oc3ccc(NS(C)(=O)=O)cc3)nc2C)CC1. The van der Waals surface area contributed by atoms with Crippen LogP contribution >= 0.6 is 0 Å². The molecule has 3 aromatic rings. The number of nitrogens with two attached hydrogens (primary N) is 1. The molecule has 0 spiro atoms. The molecule has 2 heterocycles. The Kier molecular flexibility index (Phi) is 10.4. The molecule has 0 atom stereocenters. The number of halogens is 2. The van der Waals surface area contributed by atoms with Gasteiger partial charge in [-0.1, -0.05) is 13.0 Å². The van der Waals surface area contributed by atoms with Crippen molar-refractivity contribution in [3.05, 3.63) is 77.0 Å². The number of aryl methyl sites for hydroxylation is 1. The molecule has 14 heteroatoms. The van der Waals surface area contributed by atoms with E-state index in [0.29, 0.717) is 55.7 Å². The van der Waals surface area contributed by atoms with E-state index in [9.17, 15) is 26.8 Å². The number of primary amides is 1. The van der Waals surface area contributed by atoms with E-state index in [0.717, 1.165) is 36.7 Å². The van der Waals surface area contributed by atoms with E-state index in [1.807, 2.05) is 19.9 Å². The van der Waals surface area contributed by atoms with E-state index in [1.165, 1.54) is 0 Å². The molecule has 3 amide bonds. The Morgan fingerprint density at radius 1 is 1.09 bits per heavy atom. The van der Waals surface area contributed by atoms with E-state index in [-0.39, 0.29) is 11.7 Å². The Morgan fingerprint density at radius 2 is 1.77 bits per heavy atom. The first-order valence-corrected chi connectivity index (χ1v) is 16.0. The molecule has 11 nitrogen and oxygen atoms in total. The van der Waals surface area contributed by atoms with E-state index >= 15 is 0 Å². The molecule has 1 aromatic heterocycles. The molecule has 1 aliphatic rings. The number of nitrogens with one attached hydrogen (secondary N) is 2. The van der Waals surface area contributed by atoms with Crippen LogP contribution in [0, 0.1) is 18.6 Å². The highest BCUT2D eigenvalue weighted by atomic mass is 32.2. The fourth-order valence-electron chi connectivity index (χ4n) is 5.06. The predicted molar refractivity (Wildman–Crippen MR) is 163 cm³/mol. The van der Waals surface area contributed by atoms with Gasteiger partial charge in [-0.2, -0.15) is 0 Å². The summed E-state index contributed by atoms with van der Waals surface area (Å²) in [6.45, 7) is 6.39. The molecular formula is C30H36F2N6O5S. The molecule has 0 radical (unpaired) electrons. The minimum atomic E-state index is -3.37. The number of carbonyl (C=O) groups excluding carboxylic acids is 2. The number of hydrogen-bond acceptors (Lipinski definition) is 7. The third-order valence-electron chi connectivity index (χ3n) is 7.23. The van der Waals surface area contributed by atoms with Gasteiger partial charge >= 0.3 is 6.03 Å². The van der Waals surface area contributed by atoms with Crippen LogP contribution in [0.1, 0.15) is 47.8 Å². The van der Waals surface area contributed by atoms with Crippen LogP contribution in [0.25, 0.3) is 0 Å². The molecule has 236 valence electrons. The van der Waals surface area contributed by atoms with E-state index in [2.05, 4.69) is 19.9 Å².